The molecule has 0 N–H and O–H groups in total. The maximum Gasteiger partial charge on any atom is 0.232 e. The summed E-state index contributed by atoms with van der Waals surface area (Å²) in [5, 5.41) is 10.0. The molecule has 1 saturated heterocycles. The number of nitrogens with zero attached hydrogens (tertiary/aromatic N) is 8. The molecule has 6 rings (SSSR count). The van der Waals surface area contributed by atoms with Gasteiger partial charge in [0.2, 0.25) is 11.9 Å². The van der Waals surface area contributed by atoms with Crippen molar-refractivity contribution in [2.24, 2.45) is 0 Å². The minimum atomic E-state index is 0.651. The molecule has 0 spiro atoms. The zero-order valence-electron chi connectivity index (χ0n) is 16.7. The first-order chi connectivity index (χ1) is 14.8. The second kappa shape index (κ2) is 7.21. The van der Waals surface area contributed by atoms with Crippen LogP contribution in [0.2, 0.25) is 5.02 Å². The largest absolute Gasteiger partial charge is 0.337 e. The fraction of sp³-hybridized carbons (Fsp3) is 0.429. The molecular weight excluding hydrogens is 400 g/mol. The number of hydrogen-bond acceptors (Lipinski definition) is 7. The molecule has 1 saturated carbocycles. The minimum Gasteiger partial charge on any atom is -0.337 e. The predicted molar refractivity (Wildman–Crippen MR) is 115 cm³/mol. The molecule has 0 unspecified atom stereocenters. The fourth-order valence-electron chi connectivity index (χ4n) is 4.48. The minimum absolute atomic E-state index is 0.651. The van der Waals surface area contributed by atoms with Gasteiger partial charge in [-0.1, -0.05) is 11.6 Å². The van der Waals surface area contributed by atoms with Crippen LogP contribution in [-0.4, -0.2) is 61.9 Å². The Labute approximate surface area is 180 Å². The van der Waals surface area contributed by atoms with Gasteiger partial charge in [0.05, 0.1) is 12.2 Å². The van der Waals surface area contributed by atoms with Gasteiger partial charge in [-0.25, -0.2) is 9.97 Å². The van der Waals surface area contributed by atoms with Crippen LogP contribution in [0.4, 0.5) is 11.9 Å². The van der Waals surface area contributed by atoms with Gasteiger partial charge in [-0.3, -0.25) is 9.47 Å². The van der Waals surface area contributed by atoms with Crippen LogP contribution in [0.15, 0.2) is 36.7 Å². The number of hydrogen-bond donors (Lipinski definition) is 0. The van der Waals surface area contributed by atoms with E-state index in [1.807, 2.05) is 12.1 Å². The van der Waals surface area contributed by atoms with E-state index in [0.717, 1.165) is 67.7 Å². The normalized spacial score (nSPS) is 19.4. The lowest BCUT2D eigenvalue weighted by atomic mass is 10.1. The molecule has 3 aromatic rings. The van der Waals surface area contributed by atoms with E-state index in [2.05, 4.69) is 51.6 Å². The van der Waals surface area contributed by atoms with Gasteiger partial charge >= 0.3 is 0 Å². The molecule has 0 bridgehead atoms. The summed E-state index contributed by atoms with van der Waals surface area (Å²) >= 11 is 6.35. The number of piperazine rings is 1. The van der Waals surface area contributed by atoms with E-state index >= 15 is 0 Å². The van der Waals surface area contributed by atoms with Crippen LogP contribution in [0.5, 0.6) is 0 Å². The molecular formula is C21H23ClN8. The summed E-state index contributed by atoms with van der Waals surface area (Å²) in [5.74, 6) is 2.71. The van der Waals surface area contributed by atoms with Crippen LogP contribution < -0.4 is 9.80 Å². The number of benzene rings is 1. The van der Waals surface area contributed by atoms with Gasteiger partial charge in [0, 0.05) is 56.2 Å². The average Bonchev–Trinajstić information content (AvgIpc) is 3.57. The second-order valence-corrected chi connectivity index (χ2v) is 8.62. The van der Waals surface area contributed by atoms with Crippen molar-refractivity contribution in [2.75, 3.05) is 36.0 Å². The topological polar surface area (TPSA) is 66.2 Å². The van der Waals surface area contributed by atoms with Gasteiger partial charge in [-0.15, -0.1) is 10.2 Å². The van der Waals surface area contributed by atoms with E-state index in [4.69, 9.17) is 11.6 Å². The van der Waals surface area contributed by atoms with Crippen molar-refractivity contribution >= 4 is 23.5 Å². The quantitative estimate of drug-likeness (QED) is 0.642. The van der Waals surface area contributed by atoms with Crippen molar-refractivity contribution in [3.63, 3.8) is 0 Å². The summed E-state index contributed by atoms with van der Waals surface area (Å²) in [5.41, 5.74) is 2.39. The third-order valence-corrected chi connectivity index (χ3v) is 6.41. The number of rotatable bonds is 3. The maximum absolute atomic E-state index is 6.35. The smallest absolute Gasteiger partial charge is 0.232 e. The summed E-state index contributed by atoms with van der Waals surface area (Å²) in [6.07, 6.45) is 6.11. The summed E-state index contributed by atoms with van der Waals surface area (Å²) in [4.78, 5) is 15.8. The van der Waals surface area contributed by atoms with Crippen molar-refractivity contribution in [1.29, 1.82) is 0 Å². The Kier molecular flexibility index (Phi) is 4.35. The van der Waals surface area contributed by atoms with E-state index in [1.165, 1.54) is 18.4 Å². The molecule has 0 amide bonds. The number of fused-ring (bicyclic) bond motifs is 3. The SMILES string of the molecule is Clc1ccc2c(c1)CN(C1CC1)Cc1nnc(N3CCN(c4ncccn4)CC3)n1-2. The van der Waals surface area contributed by atoms with Crippen molar-refractivity contribution in [3.8, 4) is 5.69 Å². The van der Waals surface area contributed by atoms with Crippen LogP contribution in [0.1, 0.15) is 24.2 Å². The summed E-state index contributed by atoms with van der Waals surface area (Å²) in [6.45, 7) is 5.14. The van der Waals surface area contributed by atoms with Gasteiger partial charge in [0.15, 0.2) is 5.82 Å². The molecule has 1 aliphatic carbocycles. The summed E-state index contributed by atoms with van der Waals surface area (Å²) in [6, 6.07) is 8.66. The maximum atomic E-state index is 6.35. The van der Waals surface area contributed by atoms with E-state index in [9.17, 15) is 0 Å². The highest BCUT2D eigenvalue weighted by Crippen LogP contribution is 2.36. The zero-order chi connectivity index (χ0) is 20.1. The monoisotopic (exact) mass is 422 g/mol. The third-order valence-electron chi connectivity index (χ3n) is 6.17. The average molecular weight is 423 g/mol. The highest BCUT2D eigenvalue weighted by Gasteiger charge is 2.34. The Morgan fingerprint density at radius 2 is 1.67 bits per heavy atom. The number of aromatic nitrogens is 5. The molecule has 2 fully saturated rings. The lowest BCUT2D eigenvalue weighted by Gasteiger charge is -2.35. The van der Waals surface area contributed by atoms with E-state index < -0.39 is 0 Å². The van der Waals surface area contributed by atoms with Gasteiger partial charge in [0.1, 0.15) is 0 Å². The second-order valence-electron chi connectivity index (χ2n) is 8.18. The van der Waals surface area contributed by atoms with Crippen LogP contribution in [0.25, 0.3) is 5.69 Å². The van der Waals surface area contributed by atoms with Gasteiger partial charge in [-0.2, -0.15) is 0 Å². The molecule has 4 heterocycles. The standard InChI is InChI=1S/C21H23ClN8/c22-16-2-5-18-15(12-16)13-29(17-3-4-17)14-19-25-26-21(30(18)19)28-10-8-27(9-11-28)20-23-6-1-7-24-20/h1-2,5-7,12,17H,3-4,8-11,13-14H2. The van der Waals surface area contributed by atoms with Crippen molar-refractivity contribution in [1.82, 2.24) is 29.6 Å². The van der Waals surface area contributed by atoms with Crippen LogP contribution >= 0.6 is 11.6 Å². The van der Waals surface area contributed by atoms with E-state index in [1.54, 1.807) is 12.4 Å². The first kappa shape index (κ1) is 18.1. The van der Waals surface area contributed by atoms with E-state index in [0.29, 0.717) is 6.04 Å². The highest BCUT2D eigenvalue weighted by atomic mass is 35.5. The van der Waals surface area contributed by atoms with Crippen LogP contribution in [-0.2, 0) is 13.1 Å². The van der Waals surface area contributed by atoms with E-state index in [-0.39, 0.29) is 0 Å². The van der Waals surface area contributed by atoms with Gasteiger partial charge in [-0.05, 0) is 42.7 Å². The Bertz CT molecular complexity index is 1060. The molecule has 8 nitrogen and oxygen atoms in total. The molecule has 0 radical (unpaired) electrons. The predicted octanol–water partition coefficient (Wildman–Crippen LogP) is 2.52. The molecule has 2 aromatic heterocycles. The Hall–Kier alpha value is -2.71. The third kappa shape index (κ3) is 3.20. The fourth-order valence-corrected chi connectivity index (χ4v) is 4.67. The van der Waals surface area contributed by atoms with Gasteiger partial charge < -0.3 is 9.80 Å². The van der Waals surface area contributed by atoms with Crippen molar-refractivity contribution in [3.05, 3.63) is 53.1 Å². The molecule has 3 aliphatic rings. The summed E-state index contributed by atoms with van der Waals surface area (Å²) < 4.78 is 2.24. The van der Waals surface area contributed by atoms with Gasteiger partial charge in [0.25, 0.3) is 0 Å². The zero-order valence-corrected chi connectivity index (χ0v) is 17.4. The molecule has 2 aliphatic heterocycles. The summed E-state index contributed by atoms with van der Waals surface area (Å²) in [7, 11) is 0. The first-order valence-corrected chi connectivity index (χ1v) is 10.9. The lowest BCUT2D eigenvalue weighted by molar-refractivity contribution is 0.243. The highest BCUT2D eigenvalue weighted by molar-refractivity contribution is 6.30. The molecule has 1 aromatic carbocycles. The Balaban J connectivity index is 1.32. The number of halogens is 1. The van der Waals surface area contributed by atoms with Crippen molar-refractivity contribution < 1.29 is 0 Å². The lowest BCUT2D eigenvalue weighted by Crippen LogP contribution is -2.48. The molecule has 0 atom stereocenters. The first-order valence-electron chi connectivity index (χ1n) is 10.5. The molecule has 154 valence electrons. The Morgan fingerprint density at radius 1 is 0.900 bits per heavy atom. The Morgan fingerprint density at radius 3 is 2.43 bits per heavy atom. The number of anilines is 2. The molecule has 30 heavy (non-hydrogen) atoms. The van der Waals surface area contributed by atoms with Crippen LogP contribution in [0.3, 0.4) is 0 Å². The van der Waals surface area contributed by atoms with Crippen molar-refractivity contribution in [2.45, 2.75) is 32.0 Å². The van der Waals surface area contributed by atoms with Crippen LogP contribution in [0, 0.1) is 0 Å². The molecule has 9 heteroatoms.